The van der Waals surface area contributed by atoms with Gasteiger partial charge < -0.3 is 20.1 Å². The molecule has 8 heteroatoms. The van der Waals surface area contributed by atoms with Gasteiger partial charge in [0.1, 0.15) is 11.4 Å². The third-order valence-corrected chi connectivity index (χ3v) is 5.02. The minimum atomic E-state index is -1.03. The highest BCUT2D eigenvalue weighted by Gasteiger charge is 2.46. The first kappa shape index (κ1) is 19.9. The Morgan fingerprint density at radius 2 is 2.00 bits per heavy atom. The van der Waals surface area contributed by atoms with Crippen LogP contribution in [-0.2, 0) is 20.7 Å². The number of carboxylic acids is 1. The first-order chi connectivity index (χ1) is 13.1. The Hall–Kier alpha value is -2.90. The second-order valence-corrected chi connectivity index (χ2v) is 8.33. The number of rotatable bonds is 2. The van der Waals surface area contributed by atoms with Gasteiger partial charge in [0.05, 0.1) is 5.41 Å². The Morgan fingerprint density at radius 3 is 2.61 bits per heavy atom. The molecule has 1 saturated heterocycles. The van der Waals surface area contributed by atoms with Crippen molar-refractivity contribution in [2.75, 3.05) is 18.4 Å². The van der Waals surface area contributed by atoms with Crippen molar-refractivity contribution in [3.63, 3.8) is 0 Å². The molecule has 150 valence electrons. The maximum absolute atomic E-state index is 12.8. The number of likely N-dealkylation sites (tertiary alicyclic amines) is 1. The molecule has 3 heterocycles. The number of carbonyl (C=O) groups is 3. The number of aliphatic carboxylic acids is 1. The molecule has 0 atom stereocenters. The number of carboxylic acid groups (broad SMARTS) is 1. The summed E-state index contributed by atoms with van der Waals surface area (Å²) < 4.78 is 5.42. The molecule has 2 N–H and O–H groups in total. The molecule has 3 rings (SSSR count). The lowest BCUT2D eigenvalue weighted by Crippen LogP contribution is -2.51. The Kier molecular flexibility index (Phi) is 5.14. The van der Waals surface area contributed by atoms with E-state index in [9.17, 15) is 14.4 Å². The Labute approximate surface area is 163 Å². The molecular formula is C20H25N3O5. The Bertz CT molecular complexity index is 833. The molecule has 0 bridgehead atoms. The molecular weight excluding hydrogens is 362 g/mol. The highest BCUT2D eigenvalue weighted by Crippen LogP contribution is 2.41. The molecule has 2 aliphatic rings. The fraction of sp³-hybridized carbons (Fsp3) is 0.500. The number of nitrogens with zero attached hydrogens (tertiary/aromatic N) is 2. The van der Waals surface area contributed by atoms with Gasteiger partial charge in [0.15, 0.2) is 0 Å². The number of aromatic nitrogens is 1. The zero-order chi connectivity index (χ0) is 20.5. The molecule has 2 aliphatic heterocycles. The van der Waals surface area contributed by atoms with Crippen molar-refractivity contribution in [3.8, 4) is 0 Å². The summed E-state index contributed by atoms with van der Waals surface area (Å²) in [6, 6.07) is 1.85. The molecule has 28 heavy (non-hydrogen) atoms. The van der Waals surface area contributed by atoms with E-state index in [2.05, 4.69) is 10.3 Å². The van der Waals surface area contributed by atoms with Crippen LogP contribution in [0.5, 0.6) is 0 Å². The molecule has 0 unspecified atom stereocenters. The molecule has 0 saturated carbocycles. The number of pyridine rings is 1. The zero-order valence-corrected chi connectivity index (χ0v) is 16.3. The molecule has 8 nitrogen and oxygen atoms in total. The predicted octanol–water partition coefficient (Wildman–Crippen LogP) is 2.69. The van der Waals surface area contributed by atoms with E-state index in [-0.39, 0.29) is 12.0 Å². The molecule has 1 fully saturated rings. The van der Waals surface area contributed by atoms with E-state index in [1.54, 1.807) is 4.90 Å². The second kappa shape index (κ2) is 7.26. The van der Waals surface area contributed by atoms with Gasteiger partial charge in [-0.25, -0.2) is 14.6 Å². The third-order valence-electron chi connectivity index (χ3n) is 5.02. The van der Waals surface area contributed by atoms with Gasteiger partial charge in [-0.15, -0.1) is 0 Å². The van der Waals surface area contributed by atoms with E-state index in [4.69, 9.17) is 9.84 Å². The number of hydrogen-bond acceptors (Lipinski definition) is 5. The summed E-state index contributed by atoms with van der Waals surface area (Å²) in [5.41, 5.74) is 0.387. The second-order valence-electron chi connectivity index (χ2n) is 8.33. The largest absolute Gasteiger partial charge is 0.478 e. The lowest BCUT2D eigenvalue weighted by Gasteiger charge is -2.43. The van der Waals surface area contributed by atoms with Gasteiger partial charge in [0.2, 0.25) is 5.91 Å². The zero-order valence-electron chi connectivity index (χ0n) is 16.3. The van der Waals surface area contributed by atoms with E-state index in [1.807, 2.05) is 26.8 Å². The van der Waals surface area contributed by atoms with E-state index < -0.39 is 17.0 Å². The summed E-state index contributed by atoms with van der Waals surface area (Å²) in [5, 5.41) is 11.6. The van der Waals surface area contributed by atoms with Crippen LogP contribution < -0.4 is 5.32 Å². The smallest absolute Gasteiger partial charge is 0.410 e. The number of piperidine rings is 1. The number of fused-ring (bicyclic) bond motifs is 1. The summed E-state index contributed by atoms with van der Waals surface area (Å²) in [5.74, 6) is -0.597. The van der Waals surface area contributed by atoms with Crippen LogP contribution in [0.25, 0.3) is 6.08 Å². The van der Waals surface area contributed by atoms with Crippen molar-refractivity contribution in [2.24, 2.45) is 5.41 Å². The summed E-state index contributed by atoms with van der Waals surface area (Å²) in [7, 11) is 0. The molecule has 1 aromatic heterocycles. The lowest BCUT2D eigenvalue weighted by molar-refractivity contribution is -0.131. The number of anilines is 1. The van der Waals surface area contributed by atoms with E-state index in [0.717, 1.165) is 11.6 Å². The highest BCUT2D eigenvalue weighted by atomic mass is 16.6. The van der Waals surface area contributed by atoms with Crippen LogP contribution in [-0.4, -0.2) is 51.7 Å². The fourth-order valence-electron chi connectivity index (χ4n) is 3.57. The van der Waals surface area contributed by atoms with Crippen LogP contribution in [0.4, 0.5) is 10.6 Å². The van der Waals surface area contributed by atoms with Crippen LogP contribution in [0.15, 0.2) is 18.3 Å². The molecule has 1 spiro atoms. The van der Waals surface area contributed by atoms with Gasteiger partial charge in [-0.05, 0) is 63.3 Å². The molecule has 0 radical (unpaired) electrons. The summed E-state index contributed by atoms with van der Waals surface area (Å²) in [6.07, 6.45) is 5.28. The van der Waals surface area contributed by atoms with Gasteiger partial charge in [-0.3, -0.25) is 4.79 Å². The maximum Gasteiger partial charge on any atom is 0.410 e. The average Bonchev–Trinajstić information content (AvgIpc) is 2.60. The summed E-state index contributed by atoms with van der Waals surface area (Å²) >= 11 is 0. The Morgan fingerprint density at radius 1 is 1.32 bits per heavy atom. The van der Waals surface area contributed by atoms with Crippen molar-refractivity contribution >= 4 is 29.9 Å². The first-order valence-corrected chi connectivity index (χ1v) is 9.27. The monoisotopic (exact) mass is 387 g/mol. The van der Waals surface area contributed by atoms with Crippen molar-refractivity contribution in [2.45, 2.75) is 45.6 Å². The lowest BCUT2D eigenvalue weighted by atomic mass is 9.71. The number of ether oxygens (including phenoxy) is 1. The third kappa shape index (κ3) is 4.32. The van der Waals surface area contributed by atoms with Gasteiger partial charge in [0, 0.05) is 25.4 Å². The normalized spacial score (nSPS) is 18.7. The van der Waals surface area contributed by atoms with Crippen LogP contribution in [0.2, 0.25) is 0 Å². The van der Waals surface area contributed by atoms with E-state index in [0.29, 0.717) is 43.7 Å². The molecule has 2 amide bonds. The summed E-state index contributed by atoms with van der Waals surface area (Å²) in [4.78, 5) is 41.6. The van der Waals surface area contributed by atoms with Crippen molar-refractivity contribution in [3.05, 3.63) is 29.5 Å². The van der Waals surface area contributed by atoms with Crippen LogP contribution in [0.1, 0.15) is 44.7 Å². The maximum atomic E-state index is 12.8. The van der Waals surface area contributed by atoms with Crippen LogP contribution >= 0.6 is 0 Å². The Balaban J connectivity index is 1.73. The molecule has 1 aromatic rings. The topological polar surface area (TPSA) is 109 Å². The minimum absolute atomic E-state index is 0.0785. The first-order valence-electron chi connectivity index (χ1n) is 9.27. The fourth-order valence-corrected chi connectivity index (χ4v) is 3.57. The highest BCUT2D eigenvalue weighted by molar-refractivity contribution is 5.98. The summed E-state index contributed by atoms with van der Waals surface area (Å²) in [6.45, 7) is 6.37. The van der Waals surface area contributed by atoms with Crippen molar-refractivity contribution in [1.82, 2.24) is 9.88 Å². The number of nitrogens with one attached hydrogen (secondary N) is 1. The standard InChI is InChI=1S/C20H25N3O5/c1-19(2,3)28-18(27)23-8-6-20(7-9-23)11-14-10-13(4-5-15(24)25)12-21-16(14)22-17(20)26/h4-5,10,12H,6-9,11H2,1-3H3,(H,24,25)(H,21,22,26)/b5-4+. The quantitative estimate of drug-likeness (QED) is 0.755. The van der Waals surface area contributed by atoms with Gasteiger partial charge >= 0.3 is 12.1 Å². The predicted molar refractivity (Wildman–Crippen MR) is 103 cm³/mol. The van der Waals surface area contributed by atoms with Crippen molar-refractivity contribution in [1.29, 1.82) is 0 Å². The molecule has 0 aromatic carbocycles. The number of hydrogen-bond donors (Lipinski definition) is 2. The number of carbonyl (C=O) groups excluding carboxylic acids is 2. The minimum Gasteiger partial charge on any atom is -0.478 e. The van der Waals surface area contributed by atoms with Gasteiger partial charge in [-0.2, -0.15) is 0 Å². The van der Waals surface area contributed by atoms with Crippen molar-refractivity contribution < 1.29 is 24.2 Å². The SMILES string of the molecule is CC(C)(C)OC(=O)N1CCC2(CC1)Cc1cc(/C=C/C(=O)O)cnc1NC2=O. The number of amides is 2. The average molecular weight is 387 g/mol. The van der Waals surface area contributed by atoms with E-state index >= 15 is 0 Å². The van der Waals surface area contributed by atoms with E-state index in [1.165, 1.54) is 12.3 Å². The van der Waals surface area contributed by atoms with Gasteiger partial charge in [0.25, 0.3) is 0 Å². The van der Waals surface area contributed by atoms with Crippen LogP contribution in [0, 0.1) is 5.41 Å². The van der Waals surface area contributed by atoms with Gasteiger partial charge in [-0.1, -0.05) is 0 Å². The molecule has 0 aliphatic carbocycles. The van der Waals surface area contributed by atoms with Crippen LogP contribution in [0.3, 0.4) is 0 Å².